The van der Waals surface area contributed by atoms with E-state index in [1.54, 1.807) is 17.6 Å². The second-order valence-corrected chi connectivity index (χ2v) is 5.53. The topological polar surface area (TPSA) is 57.5 Å². The molecule has 0 saturated carbocycles. The van der Waals surface area contributed by atoms with Crippen molar-refractivity contribution in [2.45, 2.75) is 13.8 Å². The minimum absolute atomic E-state index is 0.0675. The largest absolute Gasteiger partial charge is 0.395 e. The van der Waals surface area contributed by atoms with E-state index in [-0.39, 0.29) is 12.0 Å². The highest BCUT2D eigenvalue weighted by Crippen LogP contribution is 2.25. The Bertz CT molecular complexity index is 500. The van der Waals surface area contributed by atoms with E-state index < -0.39 is 0 Å². The molecule has 90 valence electrons. The lowest BCUT2D eigenvalue weighted by atomic mass is 9.97. The number of benzene rings is 1. The van der Waals surface area contributed by atoms with Gasteiger partial charge in [-0.3, -0.25) is 5.43 Å². The zero-order chi connectivity index (χ0) is 12.3. The van der Waals surface area contributed by atoms with Crippen LogP contribution in [-0.4, -0.2) is 22.9 Å². The summed E-state index contributed by atoms with van der Waals surface area (Å²) in [6.45, 7) is 3.89. The molecular formula is C12H15N3OS. The highest BCUT2D eigenvalue weighted by atomic mass is 32.1. The van der Waals surface area contributed by atoms with Crippen molar-refractivity contribution in [3.8, 4) is 0 Å². The number of para-hydroxylation sites is 1. The zero-order valence-corrected chi connectivity index (χ0v) is 10.7. The van der Waals surface area contributed by atoms with Crippen molar-refractivity contribution >= 4 is 32.9 Å². The first kappa shape index (κ1) is 12.0. The van der Waals surface area contributed by atoms with Gasteiger partial charge in [-0.2, -0.15) is 5.10 Å². The van der Waals surface area contributed by atoms with Crippen LogP contribution in [0.4, 0.5) is 5.13 Å². The van der Waals surface area contributed by atoms with Gasteiger partial charge in [-0.05, 0) is 12.1 Å². The summed E-state index contributed by atoms with van der Waals surface area (Å²) in [5, 5.41) is 13.9. The molecule has 0 amide bonds. The van der Waals surface area contributed by atoms with Gasteiger partial charge in [-0.1, -0.05) is 37.3 Å². The summed E-state index contributed by atoms with van der Waals surface area (Å²) >= 11 is 1.56. The fourth-order valence-electron chi connectivity index (χ4n) is 1.22. The Morgan fingerprint density at radius 3 is 2.94 bits per heavy atom. The molecule has 4 nitrogen and oxygen atoms in total. The number of thiazole rings is 1. The van der Waals surface area contributed by atoms with Gasteiger partial charge in [-0.25, -0.2) is 4.98 Å². The van der Waals surface area contributed by atoms with Gasteiger partial charge in [0.25, 0.3) is 0 Å². The summed E-state index contributed by atoms with van der Waals surface area (Å²) in [5.74, 6) is 0. The SMILES string of the molecule is CC(C)(/C=N/Nc1nc2ccccc2s1)CO. The number of fused-ring (bicyclic) bond motifs is 1. The van der Waals surface area contributed by atoms with Crippen molar-refractivity contribution in [2.75, 3.05) is 12.0 Å². The quantitative estimate of drug-likeness (QED) is 0.647. The number of aromatic nitrogens is 1. The standard InChI is InChI=1S/C12H15N3OS/c1-12(2,8-16)7-13-15-11-14-9-5-3-4-6-10(9)17-11/h3-7,16H,8H2,1-2H3,(H,14,15)/b13-7+. The predicted molar refractivity (Wildman–Crippen MR) is 72.6 cm³/mol. The first-order valence-electron chi connectivity index (χ1n) is 5.37. The highest BCUT2D eigenvalue weighted by Gasteiger charge is 2.12. The Labute approximate surface area is 104 Å². The summed E-state index contributed by atoms with van der Waals surface area (Å²) in [4.78, 5) is 4.39. The molecule has 2 aromatic rings. The molecular weight excluding hydrogens is 234 g/mol. The second-order valence-electron chi connectivity index (χ2n) is 4.50. The van der Waals surface area contributed by atoms with Crippen LogP contribution in [0.25, 0.3) is 10.2 Å². The smallest absolute Gasteiger partial charge is 0.204 e. The maximum Gasteiger partial charge on any atom is 0.204 e. The number of hydrogen-bond acceptors (Lipinski definition) is 5. The lowest BCUT2D eigenvalue weighted by molar-refractivity contribution is 0.216. The molecule has 0 spiro atoms. The number of aliphatic hydroxyl groups excluding tert-OH is 1. The van der Waals surface area contributed by atoms with Crippen LogP contribution in [0.15, 0.2) is 29.4 Å². The number of nitrogens with one attached hydrogen (secondary N) is 1. The van der Waals surface area contributed by atoms with Crippen LogP contribution in [0.1, 0.15) is 13.8 Å². The van der Waals surface area contributed by atoms with Gasteiger partial charge in [-0.15, -0.1) is 0 Å². The normalized spacial score (nSPS) is 12.4. The van der Waals surface area contributed by atoms with E-state index in [1.807, 2.05) is 38.1 Å². The lowest BCUT2D eigenvalue weighted by Crippen LogP contribution is -2.18. The van der Waals surface area contributed by atoms with Crippen molar-refractivity contribution in [3.63, 3.8) is 0 Å². The number of anilines is 1. The fourth-order valence-corrected chi connectivity index (χ4v) is 2.04. The van der Waals surface area contributed by atoms with Crippen molar-refractivity contribution in [1.82, 2.24) is 4.98 Å². The Hall–Kier alpha value is -1.46. The number of hydrazone groups is 1. The van der Waals surface area contributed by atoms with Gasteiger partial charge in [0.05, 0.1) is 16.8 Å². The molecule has 1 heterocycles. The molecule has 0 saturated heterocycles. The van der Waals surface area contributed by atoms with Crippen molar-refractivity contribution < 1.29 is 5.11 Å². The third kappa shape index (κ3) is 3.01. The van der Waals surface area contributed by atoms with Crippen LogP contribution in [-0.2, 0) is 0 Å². The molecule has 0 atom stereocenters. The zero-order valence-electron chi connectivity index (χ0n) is 9.84. The van der Waals surface area contributed by atoms with E-state index >= 15 is 0 Å². The van der Waals surface area contributed by atoms with Crippen LogP contribution in [0.5, 0.6) is 0 Å². The molecule has 0 aliphatic carbocycles. The molecule has 0 aliphatic heterocycles. The minimum atomic E-state index is -0.316. The van der Waals surface area contributed by atoms with E-state index in [4.69, 9.17) is 5.11 Å². The number of nitrogens with zero attached hydrogens (tertiary/aromatic N) is 2. The molecule has 2 N–H and O–H groups in total. The molecule has 0 fully saturated rings. The summed E-state index contributed by atoms with van der Waals surface area (Å²) in [6.07, 6.45) is 1.69. The van der Waals surface area contributed by atoms with E-state index in [2.05, 4.69) is 15.5 Å². The predicted octanol–water partition coefficient (Wildman–Crippen LogP) is 2.71. The molecule has 2 rings (SSSR count). The summed E-state index contributed by atoms with van der Waals surface area (Å²) in [7, 11) is 0. The van der Waals surface area contributed by atoms with Crippen molar-refractivity contribution in [3.05, 3.63) is 24.3 Å². The van der Waals surface area contributed by atoms with Crippen LogP contribution in [0, 0.1) is 5.41 Å². The molecule has 0 unspecified atom stereocenters. The third-order valence-corrected chi connectivity index (χ3v) is 3.22. The Balaban J connectivity index is 2.09. The highest BCUT2D eigenvalue weighted by molar-refractivity contribution is 7.22. The number of aliphatic hydroxyl groups is 1. The van der Waals surface area contributed by atoms with Crippen LogP contribution in [0.3, 0.4) is 0 Å². The Morgan fingerprint density at radius 2 is 2.24 bits per heavy atom. The van der Waals surface area contributed by atoms with Crippen LogP contribution in [0.2, 0.25) is 0 Å². The summed E-state index contributed by atoms with van der Waals surface area (Å²) in [5.41, 5.74) is 3.54. The first-order chi connectivity index (χ1) is 8.11. The van der Waals surface area contributed by atoms with E-state index in [0.29, 0.717) is 0 Å². The average Bonchev–Trinajstić information content (AvgIpc) is 2.71. The average molecular weight is 249 g/mol. The first-order valence-corrected chi connectivity index (χ1v) is 6.19. The maximum atomic E-state index is 9.07. The second kappa shape index (κ2) is 4.81. The minimum Gasteiger partial charge on any atom is -0.395 e. The Morgan fingerprint density at radius 1 is 1.47 bits per heavy atom. The summed E-state index contributed by atoms with van der Waals surface area (Å²) < 4.78 is 1.13. The van der Waals surface area contributed by atoms with E-state index in [1.165, 1.54) is 0 Å². The molecule has 1 aromatic carbocycles. The van der Waals surface area contributed by atoms with Gasteiger partial charge < -0.3 is 5.11 Å². The Kier molecular flexibility index (Phi) is 3.40. The van der Waals surface area contributed by atoms with Crippen molar-refractivity contribution in [1.29, 1.82) is 0 Å². The molecule has 5 heteroatoms. The molecule has 0 bridgehead atoms. The lowest BCUT2D eigenvalue weighted by Gasteiger charge is -2.13. The number of hydrogen-bond donors (Lipinski definition) is 2. The molecule has 1 aromatic heterocycles. The van der Waals surface area contributed by atoms with E-state index in [0.717, 1.165) is 15.3 Å². The van der Waals surface area contributed by atoms with E-state index in [9.17, 15) is 0 Å². The van der Waals surface area contributed by atoms with Gasteiger partial charge in [0.15, 0.2) is 0 Å². The fraction of sp³-hybridized carbons (Fsp3) is 0.333. The third-order valence-electron chi connectivity index (χ3n) is 2.28. The van der Waals surface area contributed by atoms with Crippen LogP contribution >= 0.6 is 11.3 Å². The summed E-state index contributed by atoms with van der Waals surface area (Å²) in [6, 6.07) is 7.95. The number of rotatable bonds is 4. The van der Waals surface area contributed by atoms with Crippen LogP contribution < -0.4 is 5.43 Å². The van der Waals surface area contributed by atoms with Gasteiger partial charge in [0.1, 0.15) is 0 Å². The van der Waals surface area contributed by atoms with Crippen molar-refractivity contribution in [2.24, 2.45) is 10.5 Å². The van der Waals surface area contributed by atoms with Gasteiger partial charge in [0.2, 0.25) is 5.13 Å². The molecule has 0 radical (unpaired) electrons. The van der Waals surface area contributed by atoms with Gasteiger partial charge >= 0.3 is 0 Å². The molecule has 0 aliphatic rings. The van der Waals surface area contributed by atoms with Gasteiger partial charge in [0, 0.05) is 11.6 Å². The monoisotopic (exact) mass is 249 g/mol. The maximum absolute atomic E-state index is 9.07. The molecule has 17 heavy (non-hydrogen) atoms.